The van der Waals surface area contributed by atoms with Crippen molar-refractivity contribution in [2.75, 3.05) is 19.4 Å². The topological polar surface area (TPSA) is 68.5 Å². The Balaban J connectivity index is 2.05. The van der Waals surface area contributed by atoms with Gasteiger partial charge in [0.2, 0.25) is 0 Å². The normalized spacial score (nSPS) is 10.4. The summed E-state index contributed by atoms with van der Waals surface area (Å²) >= 11 is 1.23. The standard InChI is InChI=1S/C15H19N3O2S/c1-4-20-12-7-5-11(6-8-12)9-18(3)14(19)13-10(2)17-15(16)21-13/h5-8H,4,9H2,1-3H3,(H2,16,17). The number of thiazole rings is 1. The van der Waals surface area contributed by atoms with Gasteiger partial charge in [0.25, 0.3) is 5.91 Å². The number of aryl methyl sites for hydroxylation is 1. The van der Waals surface area contributed by atoms with Gasteiger partial charge in [0.15, 0.2) is 5.13 Å². The van der Waals surface area contributed by atoms with Gasteiger partial charge in [-0.1, -0.05) is 23.5 Å². The molecule has 2 rings (SSSR count). The van der Waals surface area contributed by atoms with Crippen molar-refractivity contribution >= 4 is 22.4 Å². The van der Waals surface area contributed by atoms with Crippen LogP contribution in [-0.4, -0.2) is 29.4 Å². The second-order valence-corrected chi connectivity index (χ2v) is 5.74. The zero-order valence-electron chi connectivity index (χ0n) is 12.4. The molecular formula is C15H19N3O2S. The first kappa shape index (κ1) is 15.3. The smallest absolute Gasteiger partial charge is 0.265 e. The summed E-state index contributed by atoms with van der Waals surface area (Å²) in [5, 5.41) is 0.422. The molecule has 0 fully saturated rings. The van der Waals surface area contributed by atoms with Crippen LogP contribution >= 0.6 is 11.3 Å². The summed E-state index contributed by atoms with van der Waals surface area (Å²) in [6, 6.07) is 7.74. The van der Waals surface area contributed by atoms with Crippen LogP contribution in [0.25, 0.3) is 0 Å². The lowest BCUT2D eigenvalue weighted by Gasteiger charge is -2.17. The number of benzene rings is 1. The van der Waals surface area contributed by atoms with Gasteiger partial charge in [0.05, 0.1) is 12.3 Å². The fourth-order valence-electron chi connectivity index (χ4n) is 1.99. The van der Waals surface area contributed by atoms with Gasteiger partial charge in [-0.05, 0) is 31.5 Å². The molecule has 0 unspecified atom stereocenters. The first-order valence-electron chi connectivity index (χ1n) is 6.71. The molecule has 112 valence electrons. The first-order chi connectivity index (χ1) is 10.0. The molecule has 0 bridgehead atoms. The van der Waals surface area contributed by atoms with Crippen molar-refractivity contribution in [1.82, 2.24) is 9.88 Å². The summed E-state index contributed by atoms with van der Waals surface area (Å²) in [6.07, 6.45) is 0. The maximum atomic E-state index is 12.4. The highest BCUT2D eigenvalue weighted by atomic mass is 32.1. The molecule has 1 amide bonds. The number of hydrogen-bond donors (Lipinski definition) is 1. The van der Waals surface area contributed by atoms with E-state index in [4.69, 9.17) is 10.5 Å². The molecule has 0 atom stereocenters. The first-order valence-corrected chi connectivity index (χ1v) is 7.53. The number of nitrogen functional groups attached to an aromatic ring is 1. The van der Waals surface area contributed by atoms with Crippen molar-refractivity contribution in [2.45, 2.75) is 20.4 Å². The van der Waals surface area contributed by atoms with E-state index in [-0.39, 0.29) is 5.91 Å². The summed E-state index contributed by atoms with van der Waals surface area (Å²) < 4.78 is 5.40. The van der Waals surface area contributed by atoms with Crippen LogP contribution in [0, 0.1) is 6.92 Å². The number of aromatic nitrogens is 1. The van der Waals surface area contributed by atoms with Gasteiger partial charge in [-0.2, -0.15) is 0 Å². The molecule has 5 nitrogen and oxygen atoms in total. The average molecular weight is 305 g/mol. The van der Waals surface area contributed by atoms with E-state index in [2.05, 4.69) is 4.98 Å². The van der Waals surface area contributed by atoms with Gasteiger partial charge < -0.3 is 15.4 Å². The second-order valence-electron chi connectivity index (χ2n) is 4.70. The highest BCUT2D eigenvalue weighted by Gasteiger charge is 2.18. The number of carbonyl (C=O) groups is 1. The van der Waals surface area contributed by atoms with E-state index >= 15 is 0 Å². The molecule has 2 aromatic rings. The number of hydrogen-bond acceptors (Lipinski definition) is 5. The van der Waals surface area contributed by atoms with Crippen molar-refractivity contribution in [1.29, 1.82) is 0 Å². The predicted octanol–water partition coefficient (Wildman–Crippen LogP) is 2.70. The highest BCUT2D eigenvalue weighted by molar-refractivity contribution is 7.17. The van der Waals surface area contributed by atoms with Crippen LogP contribution in [0.15, 0.2) is 24.3 Å². The monoisotopic (exact) mass is 305 g/mol. The molecule has 6 heteroatoms. The summed E-state index contributed by atoms with van der Waals surface area (Å²) in [6.45, 7) is 4.92. The SMILES string of the molecule is CCOc1ccc(CN(C)C(=O)c2sc(N)nc2C)cc1. The number of nitrogens with zero attached hydrogens (tertiary/aromatic N) is 2. The van der Waals surface area contributed by atoms with Crippen LogP contribution in [0.4, 0.5) is 5.13 Å². The van der Waals surface area contributed by atoms with Crippen molar-refractivity contribution < 1.29 is 9.53 Å². The summed E-state index contributed by atoms with van der Waals surface area (Å²) in [4.78, 5) is 18.7. The third-order valence-electron chi connectivity index (χ3n) is 3.01. The van der Waals surface area contributed by atoms with Crippen molar-refractivity contribution in [3.63, 3.8) is 0 Å². The molecule has 0 radical (unpaired) electrons. The van der Waals surface area contributed by atoms with Gasteiger partial charge in [-0.15, -0.1) is 0 Å². The van der Waals surface area contributed by atoms with Gasteiger partial charge in [-0.25, -0.2) is 4.98 Å². The van der Waals surface area contributed by atoms with E-state index in [1.165, 1.54) is 11.3 Å². The molecule has 0 saturated heterocycles. The molecule has 1 heterocycles. The highest BCUT2D eigenvalue weighted by Crippen LogP contribution is 2.22. The maximum absolute atomic E-state index is 12.4. The zero-order chi connectivity index (χ0) is 15.4. The Morgan fingerprint density at radius 1 is 1.38 bits per heavy atom. The Morgan fingerprint density at radius 3 is 2.57 bits per heavy atom. The quantitative estimate of drug-likeness (QED) is 0.922. The van der Waals surface area contributed by atoms with E-state index in [0.29, 0.717) is 28.9 Å². The van der Waals surface area contributed by atoms with Crippen molar-refractivity contribution in [3.05, 3.63) is 40.4 Å². The number of nitrogens with two attached hydrogens (primary N) is 1. The van der Waals surface area contributed by atoms with Crippen LogP contribution in [-0.2, 0) is 6.54 Å². The Hall–Kier alpha value is -2.08. The number of amides is 1. The van der Waals surface area contributed by atoms with Crippen LogP contribution in [0.1, 0.15) is 27.9 Å². The number of ether oxygens (including phenoxy) is 1. The second kappa shape index (κ2) is 6.58. The molecule has 1 aromatic carbocycles. The number of anilines is 1. The van der Waals surface area contributed by atoms with E-state index in [1.54, 1.807) is 18.9 Å². The largest absolute Gasteiger partial charge is 0.494 e. The van der Waals surface area contributed by atoms with Crippen LogP contribution in [0.5, 0.6) is 5.75 Å². The minimum Gasteiger partial charge on any atom is -0.494 e. The van der Waals surface area contributed by atoms with E-state index < -0.39 is 0 Å². The molecule has 0 spiro atoms. The lowest BCUT2D eigenvalue weighted by molar-refractivity contribution is 0.0789. The predicted molar refractivity (Wildman–Crippen MR) is 84.7 cm³/mol. The van der Waals surface area contributed by atoms with E-state index in [0.717, 1.165) is 11.3 Å². The van der Waals surface area contributed by atoms with Crippen LogP contribution in [0.3, 0.4) is 0 Å². The van der Waals surface area contributed by atoms with Crippen molar-refractivity contribution in [2.24, 2.45) is 0 Å². The minimum atomic E-state index is -0.0596. The Morgan fingerprint density at radius 2 is 2.05 bits per heavy atom. The summed E-state index contributed by atoms with van der Waals surface area (Å²) in [5.74, 6) is 0.775. The molecule has 2 N–H and O–H groups in total. The lowest BCUT2D eigenvalue weighted by atomic mass is 10.2. The average Bonchev–Trinajstić information content (AvgIpc) is 2.79. The molecule has 0 aliphatic carbocycles. The van der Waals surface area contributed by atoms with Gasteiger partial charge in [-0.3, -0.25) is 4.79 Å². The van der Waals surface area contributed by atoms with Gasteiger partial charge in [0, 0.05) is 13.6 Å². The molecule has 1 aromatic heterocycles. The lowest BCUT2D eigenvalue weighted by Crippen LogP contribution is -2.26. The molecule has 0 aliphatic heterocycles. The van der Waals surface area contributed by atoms with Crippen LogP contribution < -0.4 is 10.5 Å². The third kappa shape index (κ3) is 3.72. The summed E-state index contributed by atoms with van der Waals surface area (Å²) in [7, 11) is 1.77. The number of carbonyl (C=O) groups excluding carboxylic acids is 1. The maximum Gasteiger partial charge on any atom is 0.265 e. The van der Waals surface area contributed by atoms with E-state index in [1.807, 2.05) is 31.2 Å². The zero-order valence-corrected chi connectivity index (χ0v) is 13.2. The molecule has 0 aliphatic rings. The molecular weight excluding hydrogens is 286 g/mol. The van der Waals surface area contributed by atoms with Crippen molar-refractivity contribution in [3.8, 4) is 5.75 Å². The van der Waals surface area contributed by atoms with Crippen LogP contribution in [0.2, 0.25) is 0 Å². The van der Waals surface area contributed by atoms with E-state index in [9.17, 15) is 4.79 Å². The van der Waals surface area contributed by atoms with Gasteiger partial charge >= 0.3 is 0 Å². The molecule has 0 saturated carbocycles. The Bertz CT molecular complexity index is 622. The fourth-order valence-corrected chi connectivity index (χ4v) is 2.82. The summed E-state index contributed by atoms with van der Waals surface area (Å²) in [5.41, 5.74) is 7.37. The van der Waals surface area contributed by atoms with Gasteiger partial charge in [0.1, 0.15) is 10.6 Å². The Labute approximate surface area is 128 Å². The minimum absolute atomic E-state index is 0.0596. The molecule has 21 heavy (non-hydrogen) atoms. The third-order valence-corrected chi connectivity index (χ3v) is 3.98. The fraction of sp³-hybridized carbons (Fsp3) is 0.333. The Kier molecular flexibility index (Phi) is 4.80. The number of rotatable bonds is 5.